The Morgan fingerprint density at radius 1 is 0.560 bits per heavy atom. The van der Waals surface area contributed by atoms with Gasteiger partial charge in [-0.05, 0) is 35.4 Å². The Morgan fingerprint density at radius 2 is 1.24 bits per heavy atom. The normalized spacial score (nSPS) is 10.6. The zero-order valence-electron chi connectivity index (χ0n) is 13.4. The molecule has 3 heteroatoms. The Labute approximate surface area is 151 Å². The first-order valence-electron chi connectivity index (χ1n) is 8.04. The van der Waals surface area contributed by atoms with Crippen LogP contribution in [0, 0.1) is 0 Å². The smallest absolute Gasteiger partial charge is 0.130 e. The van der Waals surface area contributed by atoms with Crippen LogP contribution in [0.2, 0.25) is 5.15 Å². The molecule has 2 nitrogen and oxygen atoms in total. The van der Waals surface area contributed by atoms with Crippen molar-refractivity contribution in [1.82, 2.24) is 9.97 Å². The summed E-state index contributed by atoms with van der Waals surface area (Å²) >= 11 is 6.26. The van der Waals surface area contributed by atoms with Crippen LogP contribution < -0.4 is 0 Å². The minimum absolute atomic E-state index is 0.491. The van der Waals surface area contributed by atoms with Crippen molar-refractivity contribution in [2.75, 3.05) is 0 Å². The van der Waals surface area contributed by atoms with Crippen LogP contribution in [-0.4, -0.2) is 9.97 Å². The molecule has 0 saturated heterocycles. The van der Waals surface area contributed by atoms with Crippen LogP contribution in [0.4, 0.5) is 0 Å². The molecule has 2 heterocycles. The SMILES string of the molecule is Clc1cc(-c2ccc(-c3ccccn3)cc2)cc(-c2ccccc2)n1. The molecule has 0 spiro atoms. The maximum atomic E-state index is 6.26. The molecular weight excluding hydrogens is 328 g/mol. The number of benzene rings is 2. The molecule has 0 aliphatic heterocycles. The van der Waals surface area contributed by atoms with Gasteiger partial charge in [0.2, 0.25) is 0 Å². The van der Waals surface area contributed by atoms with Gasteiger partial charge in [-0.2, -0.15) is 0 Å². The van der Waals surface area contributed by atoms with E-state index in [0.717, 1.165) is 33.6 Å². The third kappa shape index (κ3) is 3.44. The molecule has 4 aromatic rings. The number of hydrogen-bond acceptors (Lipinski definition) is 2. The predicted molar refractivity (Wildman–Crippen MR) is 103 cm³/mol. The number of nitrogens with zero attached hydrogens (tertiary/aromatic N) is 2. The fourth-order valence-electron chi connectivity index (χ4n) is 2.79. The minimum Gasteiger partial charge on any atom is -0.256 e. The highest BCUT2D eigenvalue weighted by Crippen LogP contribution is 2.29. The first kappa shape index (κ1) is 15.6. The lowest BCUT2D eigenvalue weighted by Gasteiger charge is -2.08. The van der Waals surface area contributed by atoms with Gasteiger partial charge in [0, 0.05) is 17.3 Å². The predicted octanol–water partition coefficient (Wildman–Crippen LogP) is 6.13. The molecule has 0 aliphatic carbocycles. The van der Waals surface area contributed by atoms with E-state index in [4.69, 9.17) is 11.6 Å². The topological polar surface area (TPSA) is 25.8 Å². The van der Waals surface area contributed by atoms with Crippen LogP contribution >= 0.6 is 11.6 Å². The van der Waals surface area contributed by atoms with Gasteiger partial charge in [-0.15, -0.1) is 0 Å². The van der Waals surface area contributed by atoms with Crippen LogP contribution in [0.5, 0.6) is 0 Å². The van der Waals surface area contributed by atoms with Crippen molar-refractivity contribution in [3.05, 3.63) is 96.3 Å². The number of halogens is 1. The van der Waals surface area contributed by atoms with E-state index in [1.165, 1.54) is 0 Å². The van der Waals surface area contributed by atoms with Gasteiger partial charge in [-0.25, -0.2) is 4.98 Å². The summed E-state index contributed by atoms with van der Waals surface area (Å²) in [7, 11) is 0. The molecule has 0 radical (unpaired) electrons. The fraction of sp³-hybridized carbons (Fsp3) is 0. The van der Waals surface area contributed by atoms with Crippen molar-refractivity contribution in [3.63, 3.8) is 0 Å². The van der Waals surface area contributed by atoms with Gasteiger partial charge < -0.3 is 0 Å². The van der Waals surface area contributed by atoms with Gasteiger partial charge >= 0.3 is 0 Å². The number of hydrogen-bond donors (Lipinski definition) is 0. The van der Waals surface area contributed by atoms with E-state index >= 15 is 0 Å². The molecule has 0 N–H and O–H groups in total. The van der Waals surface area contributed by atoms with E-state index in [1.807, 2.05) is 54.6 Å². The van der Waals surface area contributed by atoms with E-state index in [2.05, 4.69) is 40.3 Å². The lowest BCUT2D eigenvalue weighted by atomic mass is 10.0. The van der Waals surface area contributed by atoms with Gasteiger partial charge in [-0.1, -0.05) is 72.3 Å². The summed E-state index contributed by atoms with van der Waals surface area (Å²) in [6, 6.07) is 28.3. The van der Waals surface area contributed by atoms with Gasteiger partial charge in [0.25, 0.3) is 0 Å². The Hall–Kier alpha value is -2.97. The molecular formula is C22H15ClN2. The standard InChI is InChI=1S/C22H15ClN2/c23-22-15-19(14-21(25-22)17-6-2-1-3-7-17)16-9-11-18(12-10-16)20-8-4-5-13-24-20/h1-15H. The van der Waals surface area contributed by atoms with Crippen LogP contribution in [0.25, 0.3) is 33.6 Å². The molecule has 0 saturated carbocycles. The van der Waals surface area contributed by atoms with E-state index in [1.54, 1.807) is 6.20 Å². The first-order valence-corrected chi connectivity index (χ1v) is 8.42. The van der Waals surface area contributed by atoms with Crippen LogP contribution in [0.3, 0.4) is 0 Å². The summed E-state index contributed by atoms with van der Waals surface area (Å²) in [6.45, 7) is 0. The summed E-state index contributed by atoms with van der Waals surface area (Å²) in [4.78, 5) is 8.84. The fourth-order valence-corrected chi connectivity index (χ4v) is 3.00. The highest BCUT2D eigenvalue weighted by molar-refractivity contribution is 6.29. The molecule has 2 aromatic heterocycles. The quantitative estimate of drug-likeness (QED) is 0.418. The molecule has 0 unspecified atom stereocenters. The first-order chi connectivity index (χ1) is 12.3. The highest BCUT2D eigenvalue weighted by atomic mass is 35.5. The molecule has 0 fully saturated rings. The van der Waals surface area contributed by atoms with Gasteiger partial charge in [0.1, 0.15) is 5.15 Å². The van der Waals surface area contributed by atoms with Gasteiger partial charge in [0.05, 0.1) is 11.4 Å². The molecule has 0 aliphatic rings. The maximum absolute atomic E-state index is 6.26. The van der Waals surface area contributed by atoms with E-state index < -0.39 is 0 Å². The Balaban J connectivity index is 1.71. The van der Waals surface area contributed by atoms with E-state index in [-0.39, 0.29) is 0 Å². The maximum Gasteiger partial charge on any atom is 0.130 e. The molecule has 4 rings (SSSR count). The van der Waals surface area contributed by atoms with E-state index in [0.29, 0.717) is 5.15 Å². The number of rotatable bonds is 3. The van der Waals surface area contributed by atoms with E-state index in [9.17, 15) is 0 Å². The summed E-state index contributed by atoms with van der Waals surface area (Å²) in [5, 5.41) is 0.491. The van der Waals surface area contributed by atoms with Crippen molar-refractivity contribution < 1.29 is 0 Å². The Morgan fingerprint density at radius 3 is 1.96 bits per heavy atom. The van der Waals surface area contributed by atoms with Crippen molar-refractivity contribution >= 4 is 11.6 Å². The summed E-state index contributed by atoms with van der Waals surface area (Å²) in [6.07, 6.45) is 1.80. The van der Waals surface area contributed by atoms with Crippen LogP contribution in [0.15, 0.2) is 91.1 Å². The third-order valence-electron chi connectivity index (χ3n) is 4.04. The summed E-state index contributed by atoms with van der Waals surface area (Å²) < 4.78 is 0. The summed E-state index contributed by atoms with van der Waals surface area (Å²) in [5.41, 5.74) is 6.13. The van der Waals surface area contributed by atoms with Crippen molar-refractivity contribution in [2.24, 2.45) is 0 Å². The average molecular weight is 343 g/mol. The number of pyridine rings is 2. The van der Waals surface area contributed by atoms with Crippen molar-refractivity contribution in [2.45, 2.75) is 0 Å². The largest absolute Gasteiger partial charge is 0.256 e. The lowest BCUT2D eigenvalue weighted by molar-refractivity contribution is 1.32. The third-order valence-corrected chi connectivity index (χ3v) is 4.24. The Bertz CT molecular complexity index is 981. The monoisotopic (exact) mass is 342 g/mol. The molecule has 120 valence electrons. The molecule has 25 heavy (non-hydrogen) atoms. The Kier molecular flexibility index (Phi) is 4.28. The zero-order valence-corrected chi connectivity index (χ0v) is 14.2. The van der Waals surface area contributed by atoms with Gasteiger partial charge in [-0.3, -0.25) is 4.98 Å². The molecule has 0 atom stereocenters. The second-order valence-corrected chi connectivity index (χ2v) is 6.11. The molecule has 0 amide bonds. The highest BCUT2D eigenvalue weighted by Gasteiger charge is 2.06. The molecule has 2 aromatic carbocycles. The summed E-state index contributed by atoms with van der Waals surface area (Å²) in [5.74, 6) is 0. The van der Waals surface area contributed by atoms with Gasteiger partial charge in [0.15, 0.2) is 0 Å². The minimum atomic E-state index is 0.491. The zero-order chi connectivity index (χ0) is 17.1. The number of aromatic nitrogens is 2. The van der Waals surface area contributed by atoms with Crippen molar-refractivity contribution in [3.8, 4) is 33.6 Å². The van der Waals surface area contributed by atoms with Crippen LogP contribution in [-0.2, 0) is 0 Å². The van der Waals surface area contributed by atoms with Crippen LogP contribution in [0.1, 0.15) is 0 Å². The van der Waals surface area contributed by atoms with Crippen molar-refractivity contribution in [1.29, 1.82) is 0 Å². The second-order valence-electron chi connectivity index (χ2n) is 5.72. The molecule has 0 bridgehead atoms. The second kappa shape index (κ2) is 6.88. The lowest BCUT2D eigenvalue weighted by Crippen LogP contribution is -1.88. The average Bonchev–Trinajstić information content (AvgIpc) is 2.69.